The molecule has 0 bridgehead atoms. The third kappa shape index (κ3) is 3.12. The van der Waals surface area contributed by atoms with Gasteiger partial charge in [-0.1, -0.05) is 38.1 Å². The first-order valence-electron chi connectivity index (χ1n) is 12.2. The minimum atomic E-state index is -0.326. The molecule has 1 saturated carbocycles. The number of phenolic OH excluding ortho intramolecular Hbond substituents is 2. The molecule has 1 spiro atoms. The third-order valence-corrected chi connectivity index (χ3v) is 7.55. The van der Waals surface area contributed by atoms with Gasteiger partial charge in [0.1, 0.15) is 17.2 Å². The van der Waals surface area contributed by atoms with E-state index in [0.717, 1.165) is 24.2 Å². The van der Waals surface area contributed by atoms with Crippen molar-refractivity contribution in [3.63, 3.8) is 0 Å². The summed E-state index contributed by atoms with van der Waals surface area (Å²) in [6.07, 6.45) is 3.22. The van der Waals surface area contributed by atoms with Crippen LogP contribution in [0.1, 0.15) is 33.1 Å². The SMILES string of the molecule is CC1CC(C)CC2(C1)N(c1ccc(O)cc1)c1cccc3cccc(c13)N2c1ccc(O)cc1. The van der Waals surface area contributed by atoms with Crippen molar-refractivity contribution in [3.05, 3.63) is 84.9 Å². The molecule has 0 aromatic heterocycles. The average Bonchev–Trinajstić information content (AvgIpc) is 2.81. The first-order chi connectivity index (χ1) is 16.5. The van der Waals surface area contributed by atoms with Crippen molar-refractivity contribution in [2.45, 2.75) is 38.8 Å². The van der Waals surface area contributed by atoms with Crippen LogP contribution in [0.5, 0.6) is 11.5 Å². The van der Waals surface area contributed by atoms with Crippen LogP contribution >= 0.6 is 0 Å². The Morgan fingerprint density at radius 2 is 1.09 bits per heavy atom. The first-order valence-corrected chi connectivity index (χ1v) is 12.2. The molecule has 2 atom stereocenters. The molecule has 2 aliphatic rings. The van der Waals surface area contributed by atoms with Gasteiger partial charge in [-0.05, 0) is 97.1 Å². The Labute approximate surface area is 200 Å². The van der Waals surface area contributed by atoms with E-state index in [9.17, 15) is 10.2 Å². The number of nitrogens with zero attached hydrogens (tertiary/aromatic N) is 2. The molecular formula is C30H30N2O2. The summed E-state index contributed by atoms with van der Waals surface area (Å²) in [4.78, 5) is 5.03. The molecule has 1 heterocycles. The zero-order chi connectivity index (χ0) is 23.4. The van der Waals surface area contributed by atoms with E-state index in [1.54, 1.807) is 24.3 Å². The number of phenols is 2. The topological polar surface area (TPSA) is 46.9 Å². The lowest BCUT2D eigenvalue weighted by Gasteiger charge is -2.59. The fourth-order valence-corrected chi connectivity index (χ4v) is 6.60. The van der Waals surface area contributed by atoms with Gasteiger partial charge in [-0.15, -0.1) is 0 Å². The number of hydrogen-bond donors (Lipinski definition) is 2. The molecule has 2 N–H and O–H groups in total. The molecule has 0 radical (unpaired) electrons. The number of aromatic hydroxyl groups is 2. The van der Waals surface area contributed by atoms with Crippen molar-refractivity contribution in [2.75, 3.05) is 9.80 Å². The highest BCUT2D eigenvalue weighted by Gasteiger charge is 2.51. The van der Waals surface area contributed by atoms with E-state index >= 15 is 0 Å². The summed E-state index contributed by atoms with van der Waals surface area (Å²) in [5.74, 6) is 1.64. The second-order valence-corrected chi connectivity index (χ2v) is 10.2. The molecule has 4 aromatic carbocycles. The summed E-state index contributed by atoms with van der Waals surface area (Å²) in [6, 6.07) is 28.4. The maximum absolute atomic E-state index is 10.1. The summed E-state index contributed by atoms with van der Waals surface area (Å²) in [7, 11) is 0. The third-order valence-electron chi connectivity index (χ3n) is 7.55. The Bertz CT molecular complexity index is 1250. The van der Waals surface area contributed by atoms with Crippen LogP contribution < -0.4 is 9.80 Å². The predicted octanol–water partition coefficient (Wildman–Crippen LogP) is 7.69. The molecule has 172 valence electrons. The molecule has 1 aliphatic carbocycles. The quantitative estimate of drug-likeness (QED) is 0.329. The highest BCUT2D eigenvalue weighted by atomic mass is 16.3. The summed E-state index contributed by atoms with van der Waals surface area (Å²) >= 11 is 0. The molecule has 1 fully saturated rings. The van der Waals surface area contributed by atoms with E-state index in [-0.39, 0.29) is 17.2 Å². The molecule has 6 rings (SSSR count). The molecule has 0 amide bonds. The predicted molar refractivity (Wildman–Crippen MR) is 139 cm³/mol. The summed E-state index contributed by atoms with van der Waals surface area (Å²) in [5.41, 5.74) is 4.23. The van der Waals surface area contributed by atoms with Crippen LogP contribution in [-0.2, 0) is 0 Å². The van der Waals surface area contributed by atoms with Crippen LogP contribution in [0.2, 0.25) is 0 Å². The zero-order valence-electron chi connectivity index (χ0n) is 19.6. The van der Waals surface area contributed by atoms with Crippen LogP contribution in [0.3, 0.4) is 0 Å². The standard InChI is InChI=1S/C30H30N2O2/c1-20-17-21(2)19-30(18-20)31(23-9-13-25(33)14-10-23)27-7-3-5-22-6-4-8-28(29(22)27)32(30)24-11-15-26(34)16-12-24/h3-16,20-21,33-34H,17-19H2,1-2H3. The van der Waals surface area contributed by atoms with Gasteiger partial charge in [0, 0.05) is 16.8 Å². The van der Waals surface area contributed by atoms with Gasteiger partial charge in [-0.3, -0.25) is 0 Å². The lowest BCUT2D eigenvalue weighted by molar-refractivity contribution is 0.185. The average molecular weight is 451 g/mol. The molecule has 0 saturated heterocycles. The lowest BCUT2D eigenvalue weighted by Crippen LogP contribution is -2.62. The molecular weight excluding hydrogens is 420 g/mol. The fourth-order valence-electron chi connectivity index (χ4n) is 6.60. The Hall–Kier alpha value is -3.66. The van der Waals surface area contributed by atoms with Crippen LogP contribution in [0.4, 0.5) is 22.7 Å². The minimum absolute atomic E-state index is 0.272. The van der Waals surface area contributed by atoms with Crippen molar-refractivity contribution in [3.8, 4) is 11.5 Å². The van der Waals surface area contributed by atoms with Gasteiger partial charge in [0.05, 0.1) is 11.4 Å². The second kappa shape index (κ2) is 7.69. The van der Waals surface area contributed by atoms with E-state index in [2.05, 4.69) is 60.0 Å². The van der Waals surface area contributed by atoms with Crippen LogP contribution in [0.15, 0.2) is 84.9 Å². The van der Waals surface area contributed by atoms with E-state index in [0.29, 0.717) is 11.8 Å². The highest BCUT2D eigenvalue weighted by molar-refractivity contribution is 6.09. The Kier molecular flexibility index (Phi) is 4.73. The summed E-state index contributed by atoms with van der Waals surface area (Å²) < 4.78 is 0. The molecule has 1 aliphatic heterocycles. The Balaban J connectivity index is 1.72. The van der Waals surface area contributed by atoms with Gasteiger partial charge in [-0.25, -0.2) is 0 Å². The van der Waals surface area contributed by atoms with Crippen molar-refractivity contribution in [2.24, 2.45) is 11.8 Å². The van der Waals surface area contributed by atoms with Crippen molar-refractivity contribution < 1.29 is 10.2 Å². The smallest absolute Gasteiger partial charge is 0.122 e. The van der Waals surface area contributed by atoms with E-state index < -0.39 is 0 Å². The van der Waals surface area contributed by atoms with Crippen LogP contribution in [-0.4, -0.2) is 15.9 Å². The van der Waals surface area contributed by atoms with E-state index in [1.165, 1.54) is 28.6 Å². The normalized spacial score (nSPS) is 21.2. The number of rotatable bonds is 2. The van der Waals surface area contributed by atoms with E-state index in [1.807, 2.05) is 24.3 Å². The van der Waals surface area contributed by atoms with Gasteiger partial charge in [0.25, 0.3) is 0 Å². The van der Waals surface area contributed by atoms with Gasteiger partial charge >= 0.3 is 0 Å². The Morgan fingerprint density at radius 1 is 0.647 bits per heavy atom. The van der Waals surface area contributed by atoms with Crippen LogP contribution in [0, 0.1) is 11.8 Å². The van der Waals surface area contributed by atoms with Gasteiger partial charge in [-0.2, -0.15) is 0 Å². The largest absolute Gasteiger partial charge is 0.508 e. The van der Waals surface area contributed by atoms with Crippen LogP contribution in [0.25, 0.3) is 10.8 Å². The van der Waals surface area contributed by atoms with Gasteiger partial charge in [0.2, 0.25) is 0 Å². The minimum Gasteiger partial charge on any atom is -0.508 e. The molecule has 4 aromatic rings. The number of benzene rings is 4. The lowest BCUT2D eigenvalue weighted by atomic mass is 9.72. The Morgan fingerprint density at radius 3 is 1.53 bits per heavy atom. The van der Waals surface area contributed by atoms with E-state index in [4.69, 9.17) is 0 Å². The van der Waals surface area contributed by atoms with Crippen molar-refractivity contribution >= 4 is 33.5 Å². The second-order valence-electron chi connectivity index (χ2n) is 10.2. The molecule has 34 heavy (non-hydrogen) atoms. The first kappa shape index (κ1) is 20.9. The van der Waals surface area contributed by atoms with Crippen molar-refractivity contribution in [1.29, 1.82) is 0 Å². The number of hydrogen-bond acceptors (Lipinski definition) is 4. The maximum atomic E-state index is 10.1. The molecule has 2 unspecified atom stereocenters. The van der Waals surface area contributed by atoms with Crippen molar-refractivity contribution in [1.82, 2.24) is 0 Å². The molecule has 4 heteroatoms. The fraction of sp³-hybridized carbons (Fsp3) is 0.267. The zero-order valence-corrected chi connectivity index (χ0v) is 19.6. The highest BCUT2D eigenvalue weighted by Crippen LogP contribution is 2.57. The summed E-state index contributed by atoms with van der Waals surface area (Å²) in [5, 5.41) is 22.5. The molecule has 4 nitrogen and oxygen atoms in total. The maximum Gasteiger partial charge on any atom is 0.122 e. The number of anilines is 4. The van der Waals surface area contributed by atoms with Gasteiger partial charge < -0.3 is 20.0 Å². The summed E-state index contributed by atoms with van der Waals surface area (Å²) in [6.45, 7) is 4.73. The monoisotopic (exact) mass is 450 g/mol. The van der Waals surface area contributed by atoms with Gasteiger partial charge in [0.15, 0.2) is 0 Å².